The standard InChI is InChI=1S/C15H25ClN2O/c1-4-18(8-9-19-5-2)14-7-6-13(10-12(3)17)15(16)11-14/h6-7,11-12H,4-5,8-10,17H2,1-3H3. The molecule has 0 aliphatic heterocycles. The second-order valence-corrected chi connectivity index (χ2v) is 5.14. The molecule has 1 atom stereocenters. The minimum Gasteiger partial charge on any atom is -0.380 e. The van der Waals surface area contributed by atoms with Gasteiger partial charge in [0, 0.05) is 36.4 Å². The van der Waals surface area contributed by atoms with E-state index >= 15 is 0 Å². The first-order valence-corrected chi connectivity index (χ1v) is 7.33. The summed E-state index contributed by atoms with van der Waals surface area (Å²) in [5.41, 5.74) is 8.06. The van der Waals surface area contributed by atoms with Crippen molar-refractivity contribution in [2.75, 3.05) is 31.2 Å². The smallest absolute Gasteiger partial charge is 0.0641 e. The molecule has 2 N–H and O–H groups in total. The number of anilines is 1. The summed E-state index contributed by atoms with van der Waals surface area (Å²) in [5, 5.41) is 0.796. The molecule has 0 saturated heterocycles. The Morgan fingerprint density at radius 2 is 2.11 bits per heavy atom. The Bertz CT molecular complexity index is 382. The van der Waals surface area contributed by atoms with Gasteiger partial charge in [-0.15, -0.1) is 0 Å². The van der Waals surface area contributed by atoms with Gasteiger partial charge in [0.25, 0.3) is 0 Å². The van der Waals surface area contributed by atoms with Crippen LogP contribution in [-0.2, 0) is 11.2 Å². The fourth-order valence-electron chi connectivity index (χ4n) is 2.03. The summed E-state index contributed by atoms with van der Waals surface area (Å²) in [7, 11) is 0. The van der Waals surface area contributed by atoms with Crippen molar-refractivity contribution in [2.24, 2.45) is 5.73 Å². The summed E-state index contributed by atoms with van der Waals surface area (Å²) in [6.45, 7) is 9.45. The number of benzene rings is 1. The van der Waals surface area contributed by atoms with Crippen molar-refractivity contribution in [3.05, 3.63) is 28.8 Å². The van der Waals surface area contributed by atoms with Crippen LogP contribution < -0.4 is 10.6 Å². The van der Waals surface area contributed by atoms with Gasteiger partial charge in [-0.25, -0.2) is 0 Å². The maximum Gasteiger partial charge on any atom is 0.0641 e. The summed E-state index contributed by atoms with van der Waals surface area (Å²) in [5.74, 6) is 0. The molecule has 0 fully saturated rings. The van der Waals surface area contributed by atoms with Gasteiger partial charge in [-0.1, -0.05) is 17.7 Å². The van der Waals surface area contributed by atoms with E-state index in [1.807, 2.05) is 19.9 Å². The fourth-order valence-corrected chi connectivity index (χ4v) is 2.29. The van der Waals surface area contributed by atoms with Crippen molar-refractivity contribution < 1.29 is 4.74 Å². The number of rotatable bonds is 8. The van der Waals surface area contributed by atoms with Gasteiger partial charge in [-0.05, 0) is 44.9 Å². The van der Waals surface area contributed by atoms with Gasteiger partial charge >= 0.3 is 0 Å². The normalized spacial score (nSPS) is 12.5. The Labute approximate surface area is 121 Å². The van der Waals surface area contributed by atoms with E-state index in [2.05, 4.69) is 24.0 Å². The summed E-state index contributed by atoms with van der Waals surface area (Å²) in [4.78, 5) is 2.26. The fraction of sp³-hybridized carbons (Fsp3) is 0.600. The predicted octanol–water partition coefficient (Wildman–Crippen LogP) is 3.09. The highest BCUT2D eigenvalue weighted by atomic mass is 35.5. The van der Waals surface area contributed by atoms with Gasteiger partial charge in [0.1, 0.15) is 0 Å². The molecule has 0 spiro atoms. The van der Waals surface area contributed by atoms with Crippen molar-refractivity contribution in [1.29, 1.82) is 0 Å². The molecule has 0 aromatic heterocycles. The Hall–Kier alpha value is -0.770. The first-order valence-electron chi connectivity index (χ1n) is 6.95. The van der Waals surface area contributed by atoms with E-state index in [0.29, 0.717) is 0 Å². The molecule has 19 heavy (non-hydrogen) atoms. The van der Waals surface area contributed by atoms with Gasteiger partial charge in [-0.2, -0.15) is 0 Å². The number of nitrogens with two attached hydrogens (primary N) is 1. The van der Waals surface area contributed by atoms with Crippen molar-refractivity contribution in [1.82, 2.24) is 0 Å². The Morgan fingerprint density at radius 1 is 1.37 bits per heavy atom. The highest BCUT2D eigenvalue weighted by Crippen LogP contribution is 2.24. The molecule has 1 rings (SSSR count). The van der Waals surface area contributed by atoms with Gasteiger partial charge in [0.2, 0.25) is 0 Å². The summed E-state index contributed by atoms with van der Waals surface area (Å²) in [6.07, 6.45) is 0.810. The number of likely N-dealkylation sites (N-methyl/N-ethyl adjacent to an activating group) is 1. The molecule has 0 radical (unpaired) electrons. The summed E-state index contributed by atoms with van der Waals surface area (Å²) in [6, 6.07) is 6.33. The summed E-state index contributed by atoms with van der Waals surface area (Å²) < 4.78 is 5.40. The van der Waals surface area contributed by atoms with Gasteiger partial charge in [0.05, 0.1) is 6.61 Å². The third-order valence-corrected chi connectivity index (χ3v) is 3.39. The molecule has 1 unspecified atom stereocenters. The van der Waals surface area contributed by atoms with Crippen LogP contribution in [0.5, 0.6) is 0 Å². The van der Waals surface area contributed by atoms with Crippen LogP contribution in [-0.4, -0.2) is 32.3 Å². The van der Waals surface area contributed by atoms with Crippen molar-refractivity contribution in [2.45, 2.75) is 33.2 Å². The van der Waals surface area contributed by atoms with E-state index in [1.165, 1.54) is 0 Å². The van der Waals surface area contributed by atoms with Crippen molar-refractivity contribution >= 4 is 17.3 Å². The van der Waals surface area contributed by atoms with Gasteiger partial charge < -0.3 is 15.4 Å². The van der Waals surface area contributed by atoms with Crippen molar-refractivity contribution in [3.63, 3.8) is 0 Å². The number of hydrogen-bond donors (Lipinski definition) is 1. The zero-order valence-electron chi connectivity index (χ0n) is 12.2. The van der Waals surface area contributed by atoms with E-state index in [9.17, 15) is 0 Å². The topological polar surface area (TPSA) is 38.5 Å². The molecule has 3 nitrogen and oxygen atoms in total. The van der Waals surface area contributed by atoms with E-state index in [1.54, 1.807) is 0 Å². The molecule has 1 aromatic rings. The van der Waals surface area contributed by atoms with E-state index in [-0.39, 0.29) is 6.04 Å². The van der Waals surface area contributed by atoms with Crippen LogP contribution in [0, 0.1) is 0 Å². The third-order valence-electron chi connectivity index (χ3n) is 3.04. The molecule has 4 heteroatoms. The molecule has 0 aliphatic rings. The van der Waals surface area contributed by atoms with Gasteiger partial charge in [-0.3, -0.25) is 0 Å². The van der Waals surface area contributed by atoms with Gasteiger partial charge in [0.15, 0.2) is 0 Å². The van der Waals surface area contributed by atoms with Crippen LogP contribution in [0.1, 0.15) is 26.3 Å². The second-order valence-electron chi connectivity index (χ2n) is 4.73. The Balaban J connectivity index is 2.73. The first kappa shape index (κ1) is 16.3. The summed E-state index contributed by atoms with van der Waals surface area (Å²) >= 11 is 6.32. The highest BCUT2D eigenvalue weighted by Gasteiger charge is 2.08. The van der Waals surface area contributed by atoms with Crippen LogP contribution in [0.25, 0.3) is 0 Å². The minimum absolute atomic E-state index is 0.128. The number of nitrogens with zero attached hydrogens (tertiary/aromatic N) is 1. The van der Waals surface area contributed by atoms with Crippen LogP contribution in [0.3, 0.4) is 0 Å². The van der Waals surface area contributed by atoms with E-state index < -0.39 is 0 Å². The van der Waals surface area contributed by atoms with Crippen LogP contribution >= 0.6 is 11.6 Å². The maximum atomic E-state index is 6.32. The van der Waals surface area contributed by atoms with E-state index in [4.69, 9.17) is 22.1 Å². The quantitative estimate of drug-likeness (QED) is 0.746. The zero-order valence-corrected chi connectivity index (χ0v) is 12.9. The molecule has 0 bridgehead atoms. The molecule has 0 amide bonds. The average Bonchev–Trinajstić information content (AvgIpc) is 2.37. The lowest BCUT2D eigenvalue weighted by atomic mass is 10.1. The largest absolute Gasteiger partial charge is 0.380 e. The lowest BCUT2D eigenvalue weighted by Crippen LogP contribution is -2.27. The molecule has 0 heterocycles. The number of ether oxygens (including phenoxy) is 1. The monoisotopic (exact) mass is 284 g/mol. The minimum atomic E-state index is 0.128. The number of halogens is 1. The molecule has 1 aromatic carbocycles. The molecule has 0 saturated carbocycles. The Morgan fingerprint density at radius 3 is 2.63 bits per heavy atom. The van der Waals surface area contributed by atoms with Crippen LogP contribution in [0.2, 0.25) is 5.02 Å². The lowest BCUT2D eigenvalue weighted by molar-refractivity contribution is 0.154. The molecule has 108 valence electrons. The second kappa shape index (κ2) is 8.41. The predicted molar refractivity (Wildman–Crippen MR) is 83.2 cm³/mol. The first-order chi connectivity index (χ1) is 9.08. The highest BCUT2D eigenvalue weighted by molar-refractivity contribution is 6.31. The third kappa shape index (κ3) is 5.39. The average molecular weight is 285 g/mol. The maximum absolute atomic E-state index is 6.32. The Kier molecular flexibility index (Phi) is 7.21. The number of hydrogen-bond acceptors (Lipinski definition) is 3. The van der Waals surface area contributed by atoms with Crippen molar-refractivity contribution in [3.8, 4) is 0 Å². The molecular formula is C15H25ClN2O. The van der Waals surface area contributed by atoms with E-state index in [0.717, 1.165) is 49.0 Å². The molecular weight excluding hydrogens is 260 g/mol. The van der Waals surface area contributed by atoms with Crippen LogP contribution in [0.4, 0.5) is 5.69 Å². The zero-order chi connectivity index (χ0) is 14.3. The lowest BCUT2D eigenvalue weighted by Gasteiger charge is -2.23. The SMILES string of the molecule is CCOCCN(CC)c1ccc(CC(C)N)c(Cl)c1. The van der Waals surface area contributed by atoms with Crippen LogP contribution in [0.15, 0.2) is 18.2 Å². The molecule has 0 aliphatic carbocycles.